The molecular formula is C12H25NO2. The maximum atomic E-state index is 11.2. The van der Waals surface area contributed by atoms with Crippen molar-refractivity contribution in [3.63, 3.8) is 0 Å². The minimum atomic E-state index is -0.0523. The first-order valence-corrected chi connectivity index (χ1v) is 6.17. The number of nitrogens with two attached hydrogens (primary N) is 1. The lowest BCUT2D eigenvalue weighted by molar-refractivity contribution is -0.143. The molecule has 0 aliphatic carbocycles. The molecule has 0 saturated carbocycles. The van der Waals surface area contributed by atoms with E-state index in [1.807, 2.05) is 0 Å². The van der Waals surface area contributed by atoms with Crippen LogP contribution in [-0.2, 0) is 9.53 Å². The van der Waals surface area contributed by atoms with Crippen LogP contribution in [0.5, 0.6) is 0 Å². The van der Waals surface area contributed by atoms with Gasteiger partial charge in [-0.15, -0.1) is 0 Å². The van der Waals surface area contributed by atoms with E-state index >= 15 is 0 Å². The van der Waals surface area contributed by atoms with Crippen molar-refractivity contribution in [2.45, 2.75) is 58.3 Å². The highest BCUT2D eigenvalue weighted by molar-refractivity contribution is 5.69. The fourth-order valence-electron chi connectivity index (χ4n) is 1.38. The fraction of sp³-hybridized carbons (Fsp3) is 0.917. The van der Waals surface area contributed by atoms with E-state index in [0.29, 0.717) is 19.6 Å². The average Bonchev–Trinajstić information content (AvgIpc) is 2.24. The third-order valence-corrected chi connectivity index (χ3v) is 2.35. The Morgan fingerprint density at radius 2 is 1.80 bits per heavy atom. The Labute approximate surface area is 93.4 Å². The molecule has 0 aliphatic rings. The van der Waals surface area contributed by atoms with E-state index in [2.05, 4.69) is 6.92 Å². The summed E-state index contributed by atoms with van der Waals surface area (Å²) in [7, 11) is 0. The molecule has 3 nitrogen and oxygen atoms in total. The lowest BCUT2D eigenvalue weighted by atomic mass is 10.2. The van der Waals surface area contributed by atoms with Gasteiger partial charge in [0, 0.05) is 6.42 Å². The fourth-order valence-corrected chi connectivity index (χ4v) is 1.38. The van der Waals surface area contributed by atoms with Gasteiger partial charge in [0.1, 0.15) is 0 Å². The number of hydrogen-bond donors (Lipinski definition) is 1. The third-order valence-electron chi connectivity index (χ3n) is 2.35. The maximum absolute atomic E-state index is 11.2. The third kappa shape index (κ3) is 11.4. The molecule has 0 amide bonds. The van der Waals surface area contributed by atoms with Crippen LogP contribution in [0.3, 0.4) is 0 Å². The van der Waals surface area contributed by atoms with Gasteiger partial charge >= 0.3 is 5.97 Å². The van der Waals surface area contributed by atoms with E-state index < -0.39 is 0 Å². The zero-order valence-electron chi connectivity index (χ0n) is 9.96. The number of esters is 1. The van der Waals surface area contributed by atoms with Gasteiger partial charge in [0.2, 0.25) is 0 Å². The molecule has 0 radical (unpaired) electrons. The van der Waals surface area contributed by atoms with Gasteiger partial charge in [-0.3, -0.25) is 4.79 Å². The van der Waals surface area contributed by atoms with E-state index in [-0.39, 0.29) is 5.97 Å². The Morgan fingerprint density at radius 3 is 2.47 bits per heavy atom. The van der Waals surface area contributed by atoms with Crippen LogP contribution in [0.2, 0.25) is 0 Å². The van der Waals surface area contributed by atoms with Crippen molar-refractivity contribution in [2.75, 3.05) is 13.2 Å². The Bertz CT molecular complexity index is 149. The van der Waals surface area contributed by atoms with Crippen molar-refractivity contribution < 1.29 is 9.53 Å². The van der Waals surface area contributed by atoms with Crippen molar-refractivity contribution in [3.05, 3.63) is 0 Å². The molecule has 0 bridgehead atoms. The first-order chi connectivity index (χ1) is 7.31. The summed E-state index contributed by atoms with van der Waals surface area (Å²) in [6.45, 7) is 3.48. The van der Waals surface area contributed by atoms with Crippen molar-refractivity contribution >= 4 is 5.97 Å². The lowest BCUT2D eigenvalue weighted by Gasteiger charge is -2.04. The summed E-state index contributed by atoms with van der Waals surface area (Å²) in [5.74, 6) is -0.0523. The summed E-state index contributed by atoms with van der Waals surface area (Å²) in [6.07, 6.45) is 8.10. The second-order valence-corrected chi connectivity index (χ2v) is 3.88. The van der Waals surface area contributed by atoms with Crippen LogP contribution in [0.1, 0.15) is 58.3 Å². The number of ether oxygens (including phenoxy) is 1. The number of hydrogen-bond acceptors (Lipinski definition) is 3. The van der Waals surface area contributed by atoms with Gasteiger partial charge in [-0.25, -0.2) is 0 Å². The second-order valence-electron chi connectivity index (χ2n) is 3.88. The van der Waals surface area contributed by atoms with E-state index in [0.717, 1.165) is 32.1 Å². The topological polar surface area (TPSA) is 52.3 Å². The molecule has 0 spiro atoms. The summed E-state index contributed by atoms with van der Waals surface area (Å²) >= 11 is 0. The molecule has 15 heavy (non-hydrogen) atoms. The van der Waals surface area contributed by atoms with Crippen molar-refractivity contribution in [2.24, 2.45) is 5.73 Å². The van der Waals surface area contributed by atoms with Gasteiger partial charge in [0.25, 0.3) is 0 Å². The summed E-state index contributed by atoms with van der Waals surface area (Å²) in [5.41, 5.74) is 5.36. The first-order valence-electron chi connectivity index (χ1n) is 6.17. The first kappa shape index (κ1) is 14.4. The molecule has 0 aliphatic heterocycles. The summed E-state index contributed by atoms with van der Waals surface area (Å²) in [5, 5.41) is 0. The van der Waals surface area contributed by atoms with Crippen LogP contribution >= 0.6 is 0 Å². The molecule has 90 valence electrons. The van der Waals surface area contributed by atoms with E-state index in [9.17, 15) is 4.79 Å². The van der Waals surface area contributed by atoms with Crippen LogP contribution in [0.4, 0.5) is 0 Å². The number of carbonyl (C=O) groups excluding carboxylic acids is 1. The zero-order valence-corrected chi connectivity index (χ0v) is 9.96. The van der Waals surface area contributed by atoms with Crippen LogP contribution in [0.25, 0.3) is 0 Å². The number of rotatable bonds is 10. The van der Waals surface area contributed by atoms with Gasteiger partial charge in [-0.1, -0.05) is 32.6 Å². The van der Waals surface area contributed by atoms with Crippen molar-refractivity contribution in [1.29, 1.82) is 0 Å². The molecule has 0 heterocycles. The Morgan fingerprint density at radius 1 is 1.07 bits per heavy atom. The zero-order chi connectivity index (χ0) is 11.4. The summed E-state index contributed by atoms with van der Waals surface area (Å²) in [4.78, 5) is 11.2. The predicted molar refractivity (Wildman–Crippen MR) is 62.6 cm³/mol. The van der Waals surface area contributed by atoms with Gasteiger partial charge in [-0.05, 0) is 25.8 Å². The van der Waals surface area contributed by atoms with E-state index in [4.69, 9.17) is 10.5 Å². The lowest BCUT2D eigenvalue weighted by Crippen LogP contribution is -2.06. The molecular weight excluding hydrogens is 190 g/mol. The summed E-state index contributed by atoms with van der Waals surface area (Å²) < 4.78 is 5.10. The highest BCUT2D eigenvalue weighted by Gasteiger charge is 2.01. The van der Waals surface area contributed by atoms with Crippen molar-refractivity contribution in [3.8, 4) is 0 Å². The van der Waals surface area contributed by atoms with Gasteiger partial charge < -0.3 is 10.5 Å². The van der Waals surface area contributed by atoms with Crippen LogP contribution in [0.15, 0.2) is 0 Å². The Hall–Kier alpha value is -0.570. The normalized spacial score (nSPS) is 10.3. The van der Waals surface area contributed by atoms with Gasteiger partial charge in [-0.2, -0.15) is 0 Å². The predicted octanol–water partition coefficient (Wildman–Crippen LogP) is 2.63. The molecule has 0 aromatic carbocycles. The van der Waals surface area contributed by atoms with E-state index in [1.54, 1.807) is 0 Å². The molecule has 0 saturated heterocycles. The molecule has 0 atom stereocenters. The smallest absolute Gasteiger partial charge is 0.305 e. The quantitative estimate of drug-likeness (QED) is 0.450. The second kappa shape index (κ2) is 11.5. The maximum Gasteiger partial charge on any atom is 0.305 e. The monoisotopic (exact) mass is 215 g/mol. The molecule has 0 aromatic heterocycles. The molecule has 2 N–H and O–H groups in total. The van der Waals surface area contributed by atoms with E-state index in [1.165, 1.54) is 12.8 Å². The van der Waals surface area contributed by atoms with Crippen molar-refractivity contribution in [1.82, 2.24) is 0 Å². The Kier molecular flexibility index (Phi) is 11.1. The average molecular weight is 215 g/mol. The Balaban J connectivity index is 3.11. The minimum absolute atomic E-state index is 0.0523. The van der Waals surface area contributed by atoms with Crippen LogP contribution < -0.4 is 5.73 Å². The van der Waals surface area contributed by atoms with Crippen LogP contribution in [-0.4, -0.2) is 19.1 Å². The largest absolute Gasteiger partial charge is 0.466 e. The summed E-state index contributed by atoms with van der Waals surface area (Å²) in [6, 6.07) is 0. The highest BCUT2D eigenvalue weighted by atomic mass is 16.5. The molecule has 3 heteroatoms. The standard InChI is InChI=1S/C12H25NO2/c1-2-3-4-8-11-15-12(14)9-6-5-7-10-13/h2-11,13H2,1H3. The molecule has 0 fully saturated rings. The van der Waals surface area contributed by atoms with Crippen LogP contribution in [0, 0.1) is 0 Å². The molecule has 0 unspecified atom stereocenters. The molecule has 0 rings (SSSR count). The molecule has 0 aromatic rings. The van der Waals surface area contributed by atoms with Gasteiger partial charge in [0.15, 0.2) is 0 Å². The number of carbonyl (C=O) groups is 1. The highest BCUT2D eigenvalue weighted by Crippen LogP contribution is 2.02. The minimum Gasteiger partial charge on any atom is -0.466 e. The van der Waals surface area contributed by atoms with Gasteiger partial charge in [0.05, 0.1) is 6.61 Å². The number of unbranched alkanes of at least 4 members (excludes halogenated alkanes) is 5. The SMILES string of the molecule is CCCCCCOC(=O)CCCCCN.